The highest BCUT2D eigenvalue weighted by molar-refractivity contribution is 5.76. The second kappa shape index (κ2) is 4.94. The van der Waals surface area contributed by atoms with Crippen molar-refractivity contribution in [1.29, 1.82) is 0 Å². The van der Waals surface area contributed by atoms with E-state index in [1.54, 1.807) is 0 Å². The average Bonchev–Trinajstić information content (AvgIpc) is 2.80. The molecule has 0 saturated heterocycles. The van der Waals surface area contributed by atoms with Crippen LogP contribution in [-0.2, 0) is 7.05 Å². The Bertz CT molecular complexity index is 567. The number of hydrogen-bond donors (Lipinski definition) is 2. The molecule has 4 heteroatoms. The highest BCUT2D eigenvalue weighted by atomic mass is 15.0. The Balaban J connectivity index is 1.83. The van der Waals surface area contributed by atoms with Crippen LogP contribution in [0.5, 0.6) is 0 Å². The van der Waals surface area contributed by atoms with E-state index in [-0.39, 0.29) is 6.04 Å². The van der Waals surface area contributed by atoms with E-state index in [0.717, 1.165) is 36.7 Å². The Hall–Kier alpha value is -1.39. The fourth-order valence-corrected chi connectivity index (χ4v) is 3.14. The standard InChI is InChI=1S/C15H22N4/c1-19-9-18-13-8-11(4-7-14(13)19)15(17)10-2-5-12(16)6-3-10/h4,7-10,12,15H,2-3,5-6,16-17H2,1H3. The number of fused-ring (bicyclic) bond motifs is 1. The van der Waals surface area contributed by atoms with Gasteiger partial charge in [0.05, 0.1) is 17.4 Å². The van der Waals surface area contributed by atoms with Crippen molar-refractivity contribution in [2.45, 2.75) is 37.8 Å². The zero-order chi connectivity index (χ0) is 13.4. The number of nitrogens with zero attached hydrogens (tertiary/aromatic N) is 2. The fraction of sp³-hybridized carbons (Fsp3) is 0.533. The van der Waals surface area contributed by atoms with E-state index >= 15 is 0 Å². The first-order valence-electron chi connectivity index (χ1n) is 7.07. The molecule has 102 valence electrons. The van der Waals surface area contributed by atoms with Gasteiger partial charge in [0.25, 0.3) is 0 Å². The molecule has 19 heavy (non-hydrogen) atoms. The first kappa shape index (κ1) is 12.6. The van der Waals surface area contributed by atoms with Crippen molar-refractivity contribution in [1.82, 2.24) is 9.55 Å². The van der Waals surface area contributed by atoms with Crippen LogP contribution in [0.25, 0.3) is 11.0 Å². The van der Waals surface area contributed by atoms with Crippen molar-refractivity contribution < 1.29 is 0 Å². The first-order valence-corrected chi connectivity index (χ1v) is 7.07. The van der Waals surface area contributed by atoms with Crippen LogP contribution in [0.15, 0.2) is 24.5 Å². The summed E-state index contributed by atoms with van der Waals surface area (Å²) >= 11 is 0. The maximum absolute atomic E-state index is 6.44. The van der Waals surface area contributed by atoms with E-state index in [1.165, 1.54) is 5.56 Å². The maximum atomic E-state index is 6.44. The summed E-state index contributed by atoms with van der Waals surface area (Å²) in [5, 5.41) is 0. The summed E-state index contributed by atoms with van der Waals surface area (Å²) < 4.78 is 2.03. The predicted molar refractivity (Wildman–Crippen MR) is 77.6 cm³/mol. The summed E-state index contributed by atoms with van der Waals surface area (Å²) in [7, 11) is 2.01. The van der Waals surface area contributed by atoms with Gasteiger partial charge in [-0.15, -0.1) is 0 Å². The van der Waals surface area contributed by atoms with E-state index in [2.05, 4.69) is 23.2 Å². The summed E-state index contributed by atoms with van der Waals surface area (Å²) in [6.45, 7) is 0. The van der Waals surface area contributed by atoms with Crippen molar-refractivity contribution in [3.05, 3.63) is 30.1 Å². The molecule has 3 rings (SSSR count). The Morgan fingerprint density at radius 3 is 2.74 bits per heavy atom. The summed E-state index contributed by atoms with van der Waals surface area (Å²) in [5.41, 5.74) is 15.8. The molecule has 1 fully saturated rings. The molecule has 0 bridgehead atoms. The second-order valence-corrected chi connectivity index (χ2v) is 5.80. The minimum Gasteiger partial charge on any atom is -0.334 e. The lowest BCUT2D eigenvalue weighted by atomic mass is 9.80. The Kier molecular flexibility index (Phi) is 3.29. The lowest BCUT2D eigenvalue weighted by Crippen LogP contribution is -2.31. The zero-order valence-corrected chi connectivity index (χ0v) is 11.4. The lowest BCUT2D eigenvalue weighted by molar-refractivity contribution is 0.285. The van der Waals surface area contributed by atoms with Crippen LogP contribution < -0.4 is 11.5 Å². The van der Waals surface area contributed by atoms with Gasteiger partial charge in [-0.25, -0.2) is 4.98 Å². The monoisotopic (exact) mass is 258 g/mol. The molecule has 0 radical (unpaired) electrons. The van der Waals surface area contributed by atoms with Crippen LogP contribution in [0.3, 0.4) is 0 Å². The number of nitrogens with two attached hydrogens (primary N) is 2. The van der Waals surface area contributed by atoms with Gasteiger partial charge in [-0.05, 0) is 49.3 Å². The van der Waals surface area contributed by atoms with Gasteiger partial charge in [0.2, 0.25) is 0 Å². The number of benzene rings is 1. The third-order valence-corrected chi connectivity index (χ3v) is 4.46. The molecule has 2 aromatic rings. The number of hydrogen-bond acceptors (Lipinski definition) is 3. The summed E-state index contributed by atoms with van der Waals surface area (Å²) in [5.74, 6) is 0.556. The number of aromatic nitrogens is 2. The van der Waals surface area contributed by atoms with Crippen molar-refractivity contribution in [2.24, 2.45) is 24.4 Å². The molecule has 1 aliphatic carbocycles. The Morgan fingerprint density at radius 2 is 2.00 bits per heavy atom. The maximum Gasteiger partial charge on any atom is 0.0955 e. The Labute approximate surface area is 113 Å². The van der Waals surface area contributed by atoms with Gasteiger partial charge >= 0.3 is 0 Å². The van der Waals surface area contributed by atoms with Crippen molar-refractivity contribution >= 4 is 11.0 Å². The van der Waals surface area contributed by atoms with Crippen LogP contribution in [0.2, 0.25) is 0 Å². The van der Waals surface area contributed by atoms with Crippen molar-refractivity contribution in [3.8, 4) is 0 Å². The number of rotatable bonds is 2. The lowest BCUT2D eigenvalue weighted by Gasteiger charge is -2.30. The number of aryl methyl sites for hydroxylation is 1. The van der Waals surface area contributed by atoms with Gasteiger partial charge in [0.1, 0.15) is 0 Å². The predicted octanol–water partition coefficient (Wildman–Crippen LogP) is 2.09. The molecule has 1 saturated carbocycles. The molecule has 0 spiro atoms. The van der Waals surface area contributed by atoms with Crippen LogP contribution in [0.1, 0.15) is 37.3 Å². The molecule has 0 aliphatic heterocycles. The average molecular weight is 258 g/mol. The van der Waals surface area contributed by atoms with E-state index in [0.29, 0.717) is 12.0 Å². The highest BCUT2D eigenvalue weighted by Gasteiger charge is 2.25. The molecular formula is C15H22N4. The van der Waals surface area contributed by atoms with Crippen molar-refractivity contribution in [3.63, 3.8) is 0 Å². The van der Waals surface area contributed by atoms with Gasteiger partial charge in [0, 0.05) is 19.1 Å². The molecule has 0 amide bonds. The van der Waals surface area contributed by atoms with E-state index < -0.39 is 0 Å². The quantitative estimate of drug-likeness (QED) is 0.866. The molecule has 1 aliphatic rings. The topological polar surface area (TPSA) is 69.9 Å². The van der Waals surface area contributed by atoms with Crippen LogP contribution in [0.4, 0.5) is 0 Å². The highest BCUT2D eigenvalue weighted by Crippen LogP contribution is 2.33. The zero-order valence-electron chi connectivity index (χ0n) is 11.4. The summed E-state index contributed by atoms with van der Waals surface area (Å²) in [6.07, 6.45) is 6.33. The smallest absolute Gasteiger partial charge is 0.0955 e. The molecule has 1 unspecified atom stereocenters. The van der Waals surface area contributed by atoms with E-state index in [1.807, 2.05) is 17.9 Å². The number of imidazole rings is 1. The summed E-state index contributed by atoms with van der Waals surface area (Å²) in [4.78, 5) is 4.41. The molecule has 1 atom stereocenters. The molecule has 4 N–H and O–H groups in total. The van der Waals surface area contributed by atoms with Crippen molar-refractivity contribution in [2.75, 3.05) is 0 Å². The van der Waals surface area contributed by atoms with E-state index in [9.17, 15) is 0 Å². The van der Waals surface area contributed by atoms with Gasteiger partial charge in [0.15, 0.2) is 0 Å². The first-order chi connectivity index (χ1) is 9.15. The molecule has 1 heterocycles. The van der Waals surface area contributed by atoms with Gasteiger partial charge < -0.3 is 16.0 Å². The second-order valence-electron chi connectivity index (χ2n) is 5.80. The third kappa shape index (κ3) is 2.38. The van der Waals surface area contributed by atoms with E-state index in [4.69, 9.17) is 11.5 Å². The SMILES string of the molecule is Cn1cnc2cc(C(N)C3CCC(N)CC3)ccc21. The normalized spacial score (nSPS) is 25.6. The summed E-state index contributed by atoms with van der Waals surface area (Å²) in [6, 6.07) is 6.88. The minimum atomic E-state index is 0.110. The molecule has 1 aromatic heterocycles. The largest absolute Gasteiger partial charge is 0.334 e. The molecule has 1 aromatic carbocycles. The minimum absolute atomic E-state index is 0.110. The van der Waals surface area contributed by atoms with Gasteiger partial charge in [-0.3, -0.25) is 0 Å². The van der Waals surface area contributed by atoms with Crippen LogP contribution in [0, 0.1) is 5.92 Å². The van der Waals surface area contributed by atoms with Gasteiger partial charge in [-0.2, -0.15) is 0 Å². The Morgan fingerprint density at radius 1 is 1.26 bits per heavy atom. The third-order valence-electron chi connectivity index (χ3n) is 4.46. The van der Waals surface area contributed by atoms with Gasteiger partial charge in [-0.1, -0.05) is 6.07 Å². The molecular weight excluding hydrogens is 236 g/mol. The fourth-order valence-electron chi connectivity index (χ4n) is 3.14. The van der Waals surface area contributed by atoms with Crippen LogP contribution in [-0.4, -0.2) is 15.6 Å². The molecule has 4 nitrogen and oxygen atoms in total. The van der Waals surface area contributed by atoms with Crippen LogP contribution >= 0.6 is 0 Å².